The second kappa shape index (κ2) is 6.74. The number of fused-ring (bicyclic) bond motifs is 2. The second-order valence-electron chi connectivity index (χ2n) is 6.12. The Morgan fingerprint density at radius 3 is 2.70 bits per heavy atom. The molecule has 132 valence electrons. The summed E-state index contributed by atoms with van der Waals surface area (Å²) in [6.07, 6.45) is 3.13. The Hall–Kier alpha value is -3.38. The highest BCUT2D eigenvalue weighted by molar-refractivity contribution is 7.80. The lowest BCUT2D eigenvalue weighted by Gasteiger charge is -2.27. The summed E-state index contributed by atoms with van der Waals surface area (Å²) in [5.74, 6) is -0.954. The molecule has 0 atom stereocenters. The van der Waals surface area contributed by atoms with Crippen LogP contribution in [0.15, 0.2) is 66.8 Å². The van der Waals surface area contributed by atoms with Gasteiger partial charge in [-0.2, -0.15) is 0 Å². The van der Waals surface area contributed by atoms with Gasteiger partial charge in [0, 0.05) is 22.9 Å². The van der Waals surface area contributed by atoms with E-state index in [2.05, 4.69) is 11.9 Å². The molecular formula is C21H15N3O2S. The molecule has 1 aliphatic heterocycles. The summed E-state index contributed by atoms with van der Waals surface area (Å²) in [6.45, 7) is 3.86. The van der Waals surface area contributed by atoms with Crippen molar-refractivity contribution in [2.75, 3.05) is 6.54 Å². The minimum Gasteiger partial charge on any atom is -0.298 e. The molecule has 27 heavy (non-hydrogen) atoms. The van der Waals surface area contributed by atoms with E-state index in [-0.39, 0.29) is 17.2 Å². The van der Waals surface area contributed by atoms with Gasteiger partial charge < -0.3 is 0 Å². The van der Waals surface area contributed by atoms with Crippen molar-refractivity contribution in [1.29, 1.82) is 0 Å². The lowest BCUT2D eigenvalue weighted by atomic mass is 10.0. The molecule has 3 aromatic rings. The molecule has 2 aromatic carbocycles. The van der Waals surface area contributed by atoms with Crippen LogP contribution < -0.4 is 5.32 Å². The zero-order chi connectivity index (χ0) is 19.0. The van der Waals surface area contributed by atoms with Crippen molar-refractivity contribution in [2.24, 2.45) is 0 Å². The van der Waals surface area contributed by atoms with Gasteiger partial charge in [0.2, 0.25) is 0 Å². The molecule has 2 amide bonds. The molecule has 0 radical (unpaired) electrons. The van der Waals surface area contributed by atoms with Gasteiger partial charge in [-0.3, -0.25) is 19.8 Å². The van der Waals surface area contributed by atoms with E-state index >= 15 is 0 Å². The third-order valence-electron chi connectivity index (χ3n) is 4.38. The first-order valence-corrected chi connectivity index (χ1v) is 8.77. The first kappa shape index (κ1) is 17.1. The van der Waals surface area contributed by atoms with Gasteiger partial charge in [-0.15, -0.1) is 6.58 Å². The number of thiocarbonyl (C=S) groups is 1. The highest BCUT2D eigenvalue weighted by atomic mass is 32.1. The Balaban J connectivity index is 1.87. The van der Waals surface area contributed by atoms with Crippen LogP contribution in [0.5, 0.6) is 0 Å². The summed E-state index contributed by atoms with van der Waals surface area (Å²) in [6, 6.07) is 15.5. The standard InChI is InChI=1S/C21H15N3O2S/c1-2-10-24-20(26)16(19(25)23-21(24)27)12-15-8-5-7-14-11-13-6-3-4-9-17(13)22-18(14)15/h2-9,11-12H,1,10H2,(H,23,25,27)/b16-12+. The van der Waals surface area contributed by atoms with Crippen molar-refractivity contribution in [3.63, 3.8) is 0 Å². The number of amides is 2. The quantitative estimate of drug-likeness (QED) is 0.252. The van der Waals surface area contributed by atoms with Gasteiger partial charge in [-0.25, -0.2) is 4.98 Å². The van der Waals surface area contributed by atoms with Gasteiger partial charge >= 0.3 is 0 Å². The van der Waals surface area contributed by atoms with E-state index in [1.54, 1.807) is 12.2 Å². The SMILES string of the molecule is C=CCN1C(=O)/C(=C/c2cccc3cc4ccccc4nc23)C(=O)NC1=S. The number of rotatable bonds is 3. The predicted octanol–water partition coefficient (Wildman–Crippen LogP) is 3.20. The van der Waals surface area contributed by atoms with E-state index in [0.29, 0.717) is 5.56 Å². The van der Waals surface area contributed by atoms with E-state index in [0.717, 1.165) is 21.8 Å². The van der Waals surface area contributed by atoms with Crippen LogP contribution in [0.1, 0.15) is 5.56 Å². The van der Waals surface area contributed by atoms with E-state index in [9.17, 15) is 9.59 Å². The topological polar surface area (TPSA) is 62.3 Å². The van der Waals surface area contributed by atoms with E-state index in [1.165, 1.54) is 4.90 Å². The Labute approximate surface area is 161 Å². The summed E-state index contributed by atoms with van der Waals surface area (Å²) in [5, 5.41) is 4.61. The first-order chi connectivity index (χ1) is 13.1. The van der Waals surface area contributed by atoms with Crippen LogP contribution in [0.3, 0.4) is 0 Å². The van der Waals surface area contributed by atoms with Gasteiger partial charge in [0.05, 0.1) is 11.0 Å². The maximum absolute atomic E-state index is 12.7. The molecule has 1 saturated heterocycles. The Morgan fingerprint density at radius 2 is 1.89 bits per heavy atom. The number of carbonyl (C=O) groups is 2. The predicted molar refractivity (Wildman–Crippen MR) is 110 cm³/mol. The average molecular weight is 373 g/mol. The number of nitrogens with one attached hydrogen (secondary N) is 1. The molecule has 6 heteroatoms. The van der Waals surface area contributed by atoms with Crippen LogP contribution >= 0.6 is 12.2 Å². The van der Waals surface area contributed by atoms with Crippen LogP contribution in [0.4, 0.5) is 0 Å². The second-order valence-corrected chi connectivity index (χ2v) is 6.51. The summed E-state index contributed by atoms with van der Waals surface area (Å²) in [4.78, 5) is 31.1. The molecule has 0 aliphatic carbocycles. The summed E-state index contributed by atoms with van der Waals surface area (Å²) < 4.78 is 0. The number of pyridine rings is 1. The van der Waals surface area contributed by atoms with Crippen LogP contribution in [0, 0.1) is 0 Å². The van der Waals surface area contributed by atoms with Crippen molar-refractivity contribution in [3.8, 4) is 0 Å². The van der Waals surface area contributed by atoms with E-state index in [4.69, 9.17) is 17.2 Å². The van der Waals surface area contributed by atoms with Crippen LogP contribution in [0.25, 0.3) is 27.9 Å². The molecule has 1 N–H and O–H groups in total. The normalized spacial score (nSPS) is 16.2. The number of carbonyl (C=O) groups excluding carboxylic acids is 2. The largest absolute Gasteiger partial charge is 0.298 e. The van der Waals surface area contributed by atoms with Gasteiger partial charge in [0.15, 0.2) is 5.11 Å². The lowest BCUT2D eigenvalue weighted by molar-refractivity contribution is -0.128. The van der Waals surface area contributed by atoms with E-state index in [1.807, 2.05) is 48.5 Å². The Bertz CT molecular complexity index is 1170. The maximum atomic E-state index is 12.7. The molecule has 0 unspecified atom stereocenters. The number of hydrogen-bond donors (Lipinski definition) is 1. The zero-order valence-electron chi connectivity index (χ0n) is 14.3. The molecule has 0 saturated carbocycles. The molecule has 0 spiro atoms. The van der Waals surface area contributed by atoms with Gasteiger partial charge in [-0.05, 0) is 30.4 Å². The van der Waals surface area contributed by atoms with Gasteiger partial charge in [0.25, 0.3) is 11.8 Å². The van der Waals surface area contributed by atoms with Gasteiger partial charge in [0.1, 0.15) is 5.57 Å². The fourth-order valence-corrected chi connectivity index (χ4v) is 3.34. The molecule has 1 fully saturated rings. The minimum absolute atomic E-state index is 0.0212. The molecule has 5 nitrogen and oxygen atoms in total. The number of nitrogens with zero attached hydrogens (tertiary/aromatic N) is 2. The number of para-hydroxylation sites is 2. The van der Waals surface area contributed by atoms with Crippen LogP contribution in [0.2, 0.25) is 0 Å². The highest BCUT2D eigenvalue weighted by Gasteiger charge is 2.32. The maximum Gasteiger partial charge on any atom is 0.265 e. The molecule has 4 rings (SSSR count). The molecule has 2 heterocycles. The van der Waals surface area contributed by atoms with E-state index < -0.39 is 11.8 Å². The average Bonchev–Trinajstić information content (AvgIpc) is 2.67. The smallest absolute Gasteiger partial charge is 0.265 e. The lowest BCUT2D eigenvalue weighted by Crippen LogP contribution is -2.53. The van der Waals surface area contributed by atoms with Crippen LogP contribution in [-0.2, 0) is 9.59 Å². The number of benzene rings is 2. The summed E-state index contributed by atoms with van der Waals surface area (Å²) >= 11 is 5.08. The van der Waals surface area contributed by atoms with Crippen molar-refractivity contribution < 1.29 is 9.59 Å². The molecule has 1 aliphatic rings. The zero-order valence-corrected chi connectivity index (χ0v) is 15.1. The van der Waals surface area contributed by atoms with Crippen LogP contribution in [-0.4, -0.2) is 33.4 Å². The summed E-state index contributed by atoms with van der Waals surface area (Å²) in [5.41, 5.74) is 2.30. The third kappa shape index (κ3) is 3.00. The minimum atomic E-state index is -0.511. The van der Waals surface area contributed by atoms with Gasteiger partial charge in [-0.1, -0.05) is 42.5 Å². The molecular weight excluding hydrogens is 358 g/mol. The fraction of sp³-hybridized carbons (Fsp3) is 0.0476. The monoisotopic (exact) mass is 373 g/mol. The number of hydrogen-bond acceptors (Lipinski definition) is 4. The Kier molecular flexibility index (Phi) is 4.25. The van der Waals surface area contributed by atoms with Crippen molar-refractivity contribution in [1.82, 2.24) is 15.2 Å². The van der Waals surface area contributed by atoms with Crippen molar-refractivity contribution in [3.05, 3.63) is 72.3 Å². The number of aromatic nitrogens is 1. The van der Waals surface area contributed by atoms with Crippen molar-refractivity contribution >= 4 is 57.0 Å². The fourth-order valence-electron chi connectivity index (χ4n) is 3.09. The third-order valence-corrected chi connectivity index (χ3v) is 4.70. The molecule has 1 aromatic heterocycles. The Morgan fingerprint density at radius 1 is 1.11 bits per heavy atom. The summed E-state index contributed by atoms with van der Waals surface area (Å²) in [7, 11) is 0. The molecule has 0 bridgehead atoms. The van der Waals surface area contributed by atoms with Crippen molar-refractivity contribution in [2.45, 2.75) is 0 Å². The first-order valence-electron chi connectivity index (χ1n) is 8.37. The highest BCUT2D eigenvalue weighted by Crippen LogP contribution is 2.25.